The number of carbonyl (C=O) groups is 1. The highest BCUT2D eigenvalue weighted by Crippen LogP contribution is 2.32. The predicted molar refractivity (Wildman–Crippen MR) is 96.4 cm³/mol. The Kier molecular flexibility index (Phi) is 5.21. The first kappa shape index (κ1) is 17.7. The number of nitrogens with zero attached hydrogens (tertiary/aromatic N) is 4. The summed E-state index contributed by atoms with van der Waals surface area (Å²) in [5, 5.41) is 4.78. The molecule has 1 aliphatic heterocycles. The van der Waals surface area contributed by atoms with Gasteiger partial charge in [0.25, 0.3) is 5.91 Å². The number of carbonyl (C=O) groups excluding carboxylic acids is 1. The van der Waals surface area contributed by atoms with Gasteiger partial charge in [0, 0.05) is 39.3 Å². The van der Waals surface area contributed by atoms with Crippen LogP contribution in [0.15, 0.2) is 0 Å². The fourth-order valence-corrected chi connectivity index (χ4v) is 3.99. The highest BCUT2D eigenvalue weighted by atomic mass is 35.5. The number of hydrogen-bond donors (Lipinski definition) is 0. The summed E-state index contributed by atoms with van der Waals surface area (Å²) >= 11 is 6.33. The second-order valence-corrected chi connectivity index (χ2v) is 8.10. The molecule has 2 aliphatic rings. The molecular formula is C18H29ClN4O. The molecule has 1 saturated heterocycles. The average molecular weight is 353 g/mol. The lowest BCUT2D eigenvalue weighted by molar-refractivity contribution is 0.0694. The molecule has 0 N–H and O–H groups in total. The Morgan fingerprint density at radius 2 is 2.04 bits per heavy atom. The van der Waals surface area contributed by atoms with Crippen molar-refractivity contribution in [3.63, 3.8) is 0 Å². The Morgan fingerprint density at radius 1 is 1.33 bits per heavy atom. The van der Waals surface area contributed by atoms with Crippen LogP contribution in [0.5, 0.6) is 0 Å². The molecule has 0 bridgehead atoms. The van der Waals surface area contributed by atoms with E-state index in [1.165, 1.54) is 19.4 Å². The van der Waals surface area contributed by atoms with Crippen molar-refractivity contribution in [1.29, 1.82) is 0 Å². The molecule has 2 heterocycles. The van der Waals surface area contributed by atoms with Gasteiger partial charge in [-0.25, -0.2) is 0 Å². The lowest BCUT2D eigenvalue weighted by Gasteiger charge is -2.34. The third kappa shape index (κ3) is 3.62. The maximum absolute atomic E-state index is 13.1. The first-order chi connectivity index (χ1) is 11.4. The van der Waals surface area contributed by atoms with Crippen molar-refractivity contribution >= 4 is 17.5 Å². The minimum absolute atomic E-state index is 0.0158. The lowest BCUT2D eigenvalue weighted by Crippen LogP contribution is -2.46. The predicted octanol–water partition coefficient (Wildman–Crippen LogP) is 2.96. The van der Waals surface area contributed by atoms with Crippen LogP contribution in [0.3, 0.4) is 0 Å². The molecule has 0 spiro atoms. The van der Waals surface area contributed by atoms with Crippen LogP contribution in [0.2, 0.25) is 5.02 Å². The van der Waals surface area contributed by atoms with E-state index in [2.05, 4.69) is 23.8 Å². The number of aryl methyl sites for hydroxylation is 2. The summed E-state index contributed by atoms with van der Waals surface area (Å²) in [4.78, 5) is 17.7. The van der Waals surface area contributed by atoms with Gasteiger partial charge in [-0.2, -0.15) is 5.10 Å². The smallest absolute Gasteiger partial charge is 0.273 e. The van der Waals surface area contributed by atoms with Crippen molar-refractivity contribution < 1.29 is 4.79 Å². The van der Waals surface area contributed by atoms with Crippen LogP contribution < -0.4 is 0 Å². The third-order valence-electron chi connectivity index (χ3n) is 5.35. The van der Waals surface area contributed by atoms with Gasteiger partial charge in [0.1, 0.15) is 5.69 Å². The summed E-state index contributed by atoms with van der Waals surface area (Å²) in [6.45, 7) is 10.2. The van der Waals surface area contributed by atoms with E-state index in [0.717, 1.165) is 32.0 Å². The molecule has 1 aromatic heterocycles. The average Bonchev–Trinajstić information content (AvgIpc) is 3.30. The highest BCUT2D eigenvalue weighted by Gasteiger charge is 2.34. The van der Waals surface area contributed by atoms with Crippen LogP contribution >= 0.6 is 11.6 Å². The van der Waals surface area contributed by atoms with E-state index >= 15 is 0 Å². The maximum Gasteiger partial charge on any atom is 0.273 e. The topological polar surface area (TPSA) is 41.4 Å². The van der Waals surface area contributed by atoms with Crippen LogP contribution in [0, 0.1) is 18.8 Å². The molecule has 5 nitrogen and oxygen atoms in total. The van der Waals surface area contributed by atoms with Crippen molar-refractivity contribution in [1.82, 2.24) is 19.6 Å². The second kappa shape index (κ2) is 7.04. The van der Waals surface area contributed by atoms with Crippen molar-refractivity contribution in [3.8, 4) is 0 Å². The van der Waals surface area contributed by atoms with Gasteiger partial charge in [-0.1, -0.05) is 25.4 Å². The van der Waals surface area contributed by atoms with Gasteiger partial charge >= 0.3 is 0 Å². The zero-order valence-electron chi connectivity index (χ0n) is 15.3. The molecule has 1 amide bonds. The summed E-state index contributed by atoms with van der Waals surface area (Å²) in [6.07, 6.45) is 3.76. The Labute approximate surface area is 149 Å². The normalized spacial score (nSPS) is 22.9. The van der Waals surface area contributed by atoms with E-state index < -0.39 is 0 Å². The van der Waals surface area contributed by atoms with E-state index in [1.807, 2.05) is 11.8 Å². The van der Waals surface area contributed by atoms with Crippen LogP contribution in [0.25, 0.3) is 0 Å². The third-order valence-corrected chi connectivity index (χ3v) is 5.80. The summed E-state index contributed by atoms with van der Waals surface area (Å²) in [7, 11) is 1.79. The summed E-state index contributed by atoms with van der Waals surface area (Å²) < 4.78 is 1.62. The minimum Gasteiger partial charge on any atom is -0.336 e. The molecule has 1 saturated carbocycles. The molecule has 6 heteroatoms. The molecule has 1 aromatic rings. The lowest BCUT2D eigenvalue weighted by atomic mass is 10.0. The van der Waals surface area contributed by atoms with Crippen LogP contribution in [-0.2, 0) is 7.05 Å². The van der Waals surface area contributed by atoms with Crippen molar-refractivity contribution in [2.75, 3.05) is 26.2 Å². The first-order valence-corrected chi connectivity index (χ1v) is 9.48. The van der Waals surface area contributed by atoms with Gasteiger partial charge in [0.2, 0.25) is 0 Å². The van der Waals surface area contributed by atoms with Crippen LogP contribution in [-0.4, -0.2) is 57.7 Å². The molecule has 0 aromatic carbocycles. The minimum atomic E-state index is 0.0158. The molecule has 0 unspecified atom stereocenters. The Morgan fingerprint density at radius 3 is 2.58 bits per heavy atom. The summed E-state index contributed by atoms with van der Waals surface area (Å²) in [5.41, 5.74) is 1.24. The fourth-order valence-electron chi connectivity index (χ4n) is 3.75. The molecule has 1 atom stereocenters. The van der Waals surface area contributed by atoms with Gasteiger partial charge in [-0.15, -0.1) is 0 Å². The van der Waals surface area contributed by atoms with Crippen molar-refractivity contribution in [3.05, 3.63) is 16.4 Å². The number of rotatable bonds is 4. The SMILES string of the molecule is Cc1nn(C)c(C(=O)N2CCCN(CC3CC3)[C@H](C(C)C)C2)c1Cl. The molecule has 3 rings (SSSR count). The standard InChI is InChI=1S/C18H29ClN4O/c1-12(2)15-11-23(9-5-8-22(15)10-14-6-7-14)18(24)17-16(19)13(3)20-21(17)4/h12,14-15H,5-11H2,1-4H3/t15-/m0/s1. The van der Waals surface area contributed by atoms with Gasteiger partial charge in [0.05, 0.1) is 10.7 Å². The van der Waals surface area contributed by atoms with E-state index in [1.54, 1.807) is 11.7 Å². The van der Waals surface area contributed by atoms with E-state index in [-0.39, 0.29) is 5.91 Å². The first-order valence-electron chi connectivity index (χ1n) is 9.11. The summed E-state index contributed by atoms with van der Waals surface area (Å²) in [6, 6.07) is 0.421. The van der Waals surface area contributed by atoms with E-state index in [0.29, 0.717) is 28.4 Å². The van der Waals surface area contributed by atoms with Gasteiger partial charge < -0.3 is 4.90 Å². The van der Waals surface area contributed by atoms with E-state index in [9.17, 15) is 4.79 Å². The number of aromatic nitrogens is 2. The molecule has 24 heavy (non-hydrogen) atoms. The molecule has 0 radical (unpaired) electrons. The Hall–Kier alpha value is -1.07. The van der Waals surface area contributed by atoms with Crippen molar-refractivity contribution in [2.24, 2.45) is 18.9 Å². The largest absolute Gasteiger partial charge is 0.336 e. The number of halogens is 1. The van der Waals surface area contributed by atoms with Crippen molar-refractivity contribution in [2.45, 2.75) is 46.1 Å². The monoisotopic (exact) mass is 352 g/mol. The van der Waals surface area contributed by atoms with Crippen LogP contribution in [0.4, 0.5) is 0 Å². The number of amides is 1. The Bertz CT molecular complexity index is 608. The fraction of sp³-hybridized carbons (Fsp3) is 0.778. The zero-order valence-corrected chi connectivity index (χ0v) is 16.0. The summed E-state index contributed by atoms with van der Waals surface area (Å²) in [5.74, 6) is 1.42. The molecule has 134 valence electrons. The highest BCUT2D eigenvalue weighted by molar-refractivity contribution is 6.34. The maximum atomic E-state index is 13.1. The van der Waals surface area contributed by atoms with Gasteiger partial charge in [-0.05, 0) is 38.0 Å². The zero-order chi connectivity index (χ0) is 17.4. The van der Waals surface area contributed by atoms with Crippen LogP contribution in [0.1, 0.15) is 49.3 Å². The van der Waals surface area contributed by atoms with Gasteiger partial charge in [-0.3, -0.25) is 14.4 Å². The molecular weight excluding hydrogens is 324 g/mol. The quantitative estimate of drug-likeness (QED) is 0.836. The van der Waals surface area contributed by atoms with Gasteiger partial charge in [0.15, 0.2) is 0 Å². The molecule has 2 fully saturated rings. The Balaban J connectivity index is 1.79. The molecule has 1 aliphatic carbocycles. The number of hydrogen-bond acceptors (Lipinski definition) is 3. The second-order valence-electron chi connectivity index (χ2n) is 7.73. The van der Waals surface area contributed by atoms with E-state index in [4.69, 9.17) is 11.6 Å².